The Labute approximate surface area is 170 Å². The second kappa shape index (κ2) is 8.76. The van der Waals surface area contributed by atoms with Crippen LogP contribution in [-0.2, 0) is 0 Å². The van der Waals surface area contributed by atoms with Crippen LogP contribution in [0.15, 0.2) is 81.1 Å². The van der Waals surface area contributed by atoms with Gasteiger partial charge < -0.3 is 0 Å². The lowest BCUT2D eigenvalue weighted by Gasteiger charge is -2.07. The third kappa shape index (κ3) is 4.51. The molecule has 0 spiro atoms. The molecule has 3 aromatic rings. The second-order valence-corrected chi connectivity index (χ2v) is 7.48. The molecule has 4 nitrogen and oxygen atoms in total. The van der Waals surface area contributed by atoms with E-state index in [1.807, 2.05) is 48.0 Å². The average molecular weight is 437 g/mol. The third-order valence-corrected chi connectivity index (χ3v) is 5.25. The van der Waals surface area contributed by atoms with E-state index in [2.05, 4.69) is 39.0 Å². The van der Waals surface area contributed by atoms with Gasteiger partial charge in [0.25, 0.3) is 0 Å². The summed E-state index contributed by atoms with van der Waals surface area (Å²) >= 11 is 5.02. The van der Waals surface area contributed by atoms with Crippen LogP contribution in [0, 0.1) is 11.3 Å². The Morgan fingerprint density at radius 1 is 1.22 bits per heavy atom. The molecule has 1 heterocycles. The van der Waals surface area contributed by atoms with E-state index in [9.17, 15) is 0 Å². The molecule has 3 rings (SSSR count). The maximum absolute atomic E-state index is 8.97. The zero-order chi connectivity index (χ0) is 19.2. The van der Waals surface area contributed by atoms with Crippen LogP contribution in [0.4, 0.5) is 0 Å². The van der Waals surface area contributed by atoms with Crippen molar-refractivity contribution in [2.75, 3.05) is 6.54 Å². The van der Waals surface area contributed by atoms with Crippen molar-refractivity contribution in [3.8, 4) is 17.3 Å². The highest BCUT2D eigenvalue weighted by Gasteiger charge is 2.09. The zero-order valence-electron chi connectivity index (χ0n) is 14.8. The van der Waals surface area contributed by atoms with Crippen molar-refractivity contribution >= 4 is 33.0 Å². The first-order valence-corrected chi connectivity index (χ1v) is 9.93. The summed E-state index contributed by atoms with van der Waals surface area (Å²) < 4.78 is 2.90. The normalized spacial score (nSPS) is 12.0. The molecule has 0 atom stereocenters. The molecular weight excluding hydrogens is 420 g/mol. The lowest BCUT2D eigenvalue weighted by Crippen LogP contribution is -2.14. The van der Waals surface area contributed by atoms with Crippen molar-refractivity contribution < 1.29 is 0 Å². The predicted molar refractivity (Wildman–Crippen MR) is 115 cm³/mol. The highest BCUT2D eigenvalue weighted by Crippen LogP contribution is 2.22. The lowest BCUT2D eigenvalue weighted by molar-refractivity contribution is 0.834. The van der Waals surface area contributed by atoms with E-state index in [-0.39, 0.29) is 0 Å². The Bertz CT molecular complexity index is 1080. The van der Waals surface area contributed by atoms with Crippen LogP contribution < -0.4 is 4.80 Å². The van der Waals surface area contributed by atoms with Gasteiger partial charge in [-0.15, -0.1) is 17.9 Å². The van der Waals surface area contributed by atoms with Crippen molar-refractivity contribution in [2.24, 2.45) is 10.1 Å². The van der Waals surface area contributed by atoms with Crippen LogP contribution in [0.25, 0.3) is 11.3 Å². The van der Waals surface area contributed by atoms with Gasteiger partial charge in [-0.05, 0) is 36.8 Å². The van der Waals surface area contributed by atoms with E-state index in [0.717, 1.165) is 31.8 Å². The van der Waals surface area contributed by atoms with Gasteiger partial charge in [0.05, 0.1) is 29.6 Å². The van der Waals surface area contributed by atoms with E-state index >= 15 is 0 Å². The van der Waals surface area contributed by atoms with Crippen molar-refractivity contribution in [2.45, 2.75) is 6.92 Å². The summed E-state index contributed by atoms with van der Waals surface area (Å²) in [5, 5.41) is 15.8. The van der Waals surface area contributed by atoms with Crippen LogP contribution >= 0.6 is 27.3 Å². The minimum atomic E-state index is 0.533. The van der Waals surface area contributed by atoms with Gasteiger partial charge >= 0.3 is 0 Å². The fraction of sp³-hybridized carbons (Fsp3) is 0.0952. The van der Waals surface area contributed by atoms with Crippen molar-refractivity contribution in [1.82, 2.24) is 4.68 Å². The number of thiazole rings is 1. The minimum Gasteiger partial charge on any atom is -0.253 e. The predicted octanol–water partition coefficient (Wildman–Crippen LogP) is 5.21. The van der Waals surface area contributed by atoms with Gasteiger partial charge in [0.1, 0.15) is 0 Å². The van der Waals surface area contributed by atoms with Crippen LogP contribution in [0.5, 0.6) is 0 Å². The second-order valence-electron chi connectivity index (χ2n) is 5.73. The summed E-state index contributed by atoms with van der Waals surface area (Å²) in [6.07, 6.45) is 1.76. The zero-order valence-corrected chi connectivity index (χ0v) is 17.2. The molecule has 0 radical (unpaired) electrons. The summed E-state index contributed by atoms with van der Waals surface area (Å²) in [6.45, 7) is 6.23. The molecule has 1 aromatic heterocycles. The number of nitriles is 1. The molecule has 0 unspecified atom stereocenters. The summed E-state index contributed by atoms with van der Waals surface area (Å²) in [5.41, 5.74) is 4.47. The monoisotopic (exact) mass is 436 g/mol. The topological polar surface area (TPSA) is 53.4 Å². The SMILES string of the molecule is C=CCN=c1scc(-c2ccc(Br)cc2)n1N=C(C)c1ccc(C#N)cc1. The summed E-state index contributed by atoms with van der Waals surface area (Å²) in [7, 11) is 0. The lowest BCUT2D eigenvalue weighted by atomic mass is 10.1. The molecule has 0 bridgehead atoms. The third-order valence-electron chi connectivity index (χ3n) is 3.86. The molecule has 0 N–H and O–H groups in total. The molecule has 2 aromatic carbocycles. The molecule has 0 amide bonds. The first-order chi connectivity index (χ1) is 13.1. The number of rotatable bonds is 5. The van der Waals surface area contributed by atoms with E-state index in [1.165, 1.54) is 0 Å². The number of hydrogen-bond donors (Lipinski definition) is 0. The van der Waals surface area contributed by atoms with Gasteiger partial charge in [-0.2, -0.15) is 10.4 Å². The molecule has 6 heteroatoms. The Balaban J connectivity index is 2.10. The smallest absolute Gasteiger partial charge is 0.206 e. The van der Waals surface area contributed by atoms with Gasteiger partial charge in [-0.1, -0.05) is 46.3 Å². The number of nitrogens with zero attached hydrogens (tertiary/aromatic N) is 4. The Kier molecular flexibility index (Phi) is 6.17. The quantitative estimate of drug-likeness (QED) is 0.399. The first kappa shape index (κ1) is 19.0. The van der Waals surface area contributed by atoms with Gasteiger partial charge in [-0.3, -0.25) is 4.99 Å². The maximum atomic E-state index is 8.97. The highest BCUT2D eigenvalue weighted by molar-refractivity contribution is 9.10. The average Bonchev–Trinajstić information content (AvgIpc) is 3.09. The molecule has 0 saturated heterocycles. The van der Waals surface area contributed by atoms with Crippen LogP contribution in [0.2, 0.25) is 0 Å². The van der Waals surface area contributed by atoms with Gasteiger partial charge in [0, 0.05) is 15.4 Å². The van der Waals surface area contributed by atoms with E-state index < -0.39 is 0 Å². The number of hydrogen-bond acceptors (Lipinski definition) is 4. The van der Waals surface area contributed by atoms with Crippen molar-refractivity contribution in [3.63, 3.8) is 0 Å². The summed E-state index contributed by atoms with van der Waals surface area (Å²) in [6, 6.07) is 17.7. The molecule has 134 valence electrons. The number of benzene rings is 2. The summed E-state index contributed by atoms with van der Waals surface area (Å²) in [5.74, 6) is 0. The van der Waals surface area contributed by atoms with Crippen LogP contribution in [-0.4, -0.2) is 16.9 Å². The minimum absolute atomic E-state index is 0.533. The van der Waals surface area contributed by atoms with Crippen LogP contribution in [0.3, 0.4) is 0 Å². The Morgan fingerprint density at radius 3 is 2.56 bits per heavy atom. The van der Waals surface area contributed by atoms with Crippen LogP contribution in [0.1, 0.15) is 18.1 Å². The highest BCUT2D eigenvalue weighted by atomic mass is 79.9. The first-order valence-electron chi connectivity index (χ1n) is 8.26. The van der Waals surface area contributed by atoms with Gasteiger partial charge in [0.15, 0.2) is 0 Å². The van der Waals surface area contributed by atoms with Gasteiger partial charge in [0.2, 0.25) is 4.80 Å². The molecule has 27 heavy (non-hydrogen) atoms. The van der Waals surface area contributed by atoms with E-state index in [0.29, 0.717) is 12.1 Å². The maximum Gasteiger partial charge on any atom is 0.206 e. The number of halogens is 1. The molecule has 0 aliphatic carbocycles. The largest absolute Gasteiger partial charge is 0.253 e. The molecular formula is C21H17BrN4S. The fourth-order valence-corrected chi connectivity index (χ4v) is 3.57. The Morgan fingerprint density at radius 2 is 1.93 bits per heavy atom. The standard InChI is InChI=1S/C21H17BrN4S/c1-3-12-24-21-26(20(14-27-21)18-8-10-19(22)11-9-18)25-15(2)17-6-4-16(13-23)5-7-17/h3-11,14H,1,12H2,2H3. The van der Waals surface area contributed by atoms with E-state index in [4.69, 9.17) is 10.4 Å². The van der Waals surface area contributed by atoms with Crippen molar-refractivity contribution in [3.05, 3.63) is 87.0 Å². The fourth-order valence-electron chi connectivity index (χ4n) is 2.46. The molecule has 0 aliphatic heterocycles. The molecule has 0 fully saturated rings. The van der Waals surface area contributed by atoms with E-state index in [1.54, 1.807) is 29.5 Å². The molecule has 0 aliphatic rings. The molecule has 0 saturated carbocycles. The van der Waals surface area contributed by atoms with Gasteiger partial charge in [-0.25, -0.2) is 4.68 Å². The number of aromatic nitrogens is 1. The Hall–Kier alpha value is -2.75. The summed E-state index contributed by atoms with van der Waals surface area (Å²) in [4.78, 5) is 5.37. The van der Waals surface area contributed by atoms with Crippen molar-refractivity contribution in [1.29, 1.82) is 5.26 Å².